The molecular weight excluding hydrogens is 535 g/mol. The second-order valence-electron chi connectivity index (χ2n) is 8.31. The van der Waals surface area contributed by atoms with Crippen LogP contribution in [0.15, 0.2) is 48.9 Å². The molecule has 1 saturated carbocycles. The molecule has 2 unspecified atom stereocenters. The Kier molecular flexibility index (Phi) is 6.71. The highest BCUT2D eigenvalue weighted by Gasteiger charge is 2.53. The summed E-state index contributed by atoms with van der Waals surface area (Å²) in [5.74, 6) is -1.00. The predicted molar refractivity (Wildman–Crippen MR) is 118 cm³/mol. The number of rotatable bonds is 6. The zero-order valence-electron chi connectivity index (χ0n) is 18.4. The number of nitrogens with zero attached hydrogens (tertiary/aromatic N) is 5. The first kappa shape index (κ1) is 26.2. The summed E-state index contributed by atoms with van der Waals surface area (Å²) in [5.41, 5.74) is -3.98. The Labute approximate surface area is 210 Å². The fourth-order valence-electron chi connectivity index (χ4n) is 3.70. The summed E-state index contributed by atoms with van der Waals surface area (Å²) in [7, 11) is 0. The summed E-state index contributed by atoms with van der Waals surface area (Å²) < 4.78 is 80.5. The van der Waals surface area contributed by atoms with Crippen LogP contribution in [0.2, 0.25) is 0 Å². The van der Waals surface area contributed by atoms with Crippen LogP contribution in [0.25, 0.3) is 5.82 Å². The molecule has 0 bridgehead atoms. The lowest BCUT2D eigenvalue weighted by molar-refractivity contribution is -0.143. The van der Waals surface area contributed by atoms with Crippen molar-refractivity contribution in [2.24, 2.45) is 5.92 Å². The Bertz CT molecular complexity index is 1230. The Morgan fingerprint density at radius 3 is 2.22 bits per heavy atom. The molecule has 0 spiro atoms. The number of halogens is 8. The van der Waals surface area contributed by atoms with Crippen LogP contribution in [0.5, 0.6) is 0 Å². The number of carbonyl (C=O) groups excluding carboxylic acids is 1. The lowest BCUT2D eigenvalue weighted by atomic mass is 10.0. The molecule has 1 aliphatic carbocycles. The molecule has 1 aliphatic rings. The summed E-state index contributed by atoms with van der Waals surface area (Å²) in [6.07, 6.45) is -7.24. The molecule has 1 fully saturated rings. The van der Waals surface area contributed by atoms with Crippen molar-refractivity contribution >= 4 is 29.1 Å². The lowest BCUT2D eigenvalue weighted by Crippen LogP contribution is -2.37. The van der Waals surface area contributed by atoms with Gasteiger partial charge in [0.05, 0.1) is 17.2 Å². The van der Waals surface area contributed by atoms with Gasteiger partial charge >= 0.3 is 12.4 Å². The standard InChI is InChI=1S/C22H17Cl2F6N5O/c1-12(18-32-11-33-35(18)17-4-2-3-5-31-17)34(10-16-9-20(16,23)24)19(36)13-6-14(21(25,26)27)8-15(7-13)22(28,29)30/h2-8,11-12,16H,9-10H2,1H3. The number of carbonyl (C=O) groups is 1. The summed E-state index contributed by atoms with van der Waals surface area (Å²) in [6, 6.07) is 4.76. The first-order valence-corrected chi connectivity index (χ1v) is 11.2. The average Bonchev–Trinajstić information content (AvgIpc) is 3.18. The third kappa shape index (κ3) is 5.44. The van der Waals surface area contributed by atoms with Gasteiger partial charge in [-0.3, -0.25) is 4.79 Å². The van der Waals surface area contributed by atoms with E-state index in [2.05, 4.69) is 15.1 Å². The van der Waals surface area contributed by atoms with E-state index in [1.165, 1.54) is 24.1 Å². The van der Waals surface area contributed by atoms with Gasteiger partial charge in [0.1, 0.15) is 10.7 Å². The third-order valence-corrected chi connectivity index (χ3v) is 6.68. The molecule has 0 radical (unpaired) electrons. The van der Waals surface area contributed by atoms with Crippen LogP contribution in [0, 0.1) is 5.92 Å². The molecule has 36 heavy (non-hydrogen) atoms. The minimum Gasteiger partial charge on any atom is -0.328 e. The van der Waals surface area contributed by atoms with E-state index in [0.717, 1.165) is 4.90 Å². The molecule has 2 aromatic heterocycles. The molecule has 3 aromatic rings. The van der Waals surface area contributed by atoms with Gasteiger partial charge in [0, 0.05) is 24.2 Å². The van der Waals surface area contributed by atoms with Crippen molar-refractivity contribution in [3.05, 3.63) is 71.4 Å². The van der Waals surface area contributed by atoms with E-state index < -0.39 is 51.2 Å². The van der Waals surface area contributed by atoms with Gasteiger partial charge in [0.25, 0.3) is 5.91 Å². The average molecular weight is 552 g/mol. The Morgan fingerprint density at radius 2 is 1.72 bits per heavy atom. The van der Waals surface area contributed by atoms with Gasteiger partial charge < -0.3 is 4.90 Å². The van der Waals surface area contributed by atoms with Gasteiger partial charge in [0.2, 0.25) is 0 Å². The van der Waals surface area contributed by atoms with E-state index in [1.54, 1.807) is 18.2 Å². The second-order valence-corrected chi connectivity index (χ2v) is 9.85. The number of aromatic nitrogens is 4. The van der Waals surface area contributed by atoms with Crippen LogP contribution in [0.1, 0.15) is 46.7 Å². The van der Waals surface area contributed by atoms with Crippen LogP contribution in [-0.2, 0) is 12.4 Å². The molecule has 6 nitrogen and oxygen atoms in total. The molecule has 2 heterocycles. The number of pyridine rings is 1. The van der Waals surface area contributed by atoms with E-state index in [0.29, 0.717) is 18.0 Å². The molecule has 2 atom stereocenters. The molecule has 0 aliphatic heterocycles. The van der Waals surface area contributed by atoms with E-state index in [-0.39, 0.29) is 24.9 Å². The topological polar surface area (TPSA) is 63.9 Å². The van der Waals surface area contributed by atoms with Crippen LogP contribution >= 0.6 is 23.2 Å². The van der Waals surface area contributed by atoms with Gasteiger partial charge in [-0.05, 0) is 43.7 Å². The second kappa shape index (κ2) is 9.22. The summed E-state index contributed by atoms with van der Waals surface area (Å²) in [5, 5.41) is 4.09. The van der Waals surface area contributed by atoms with Crippen molar-refractivity contribution in [1.82, 2.24) is 24.6 Å². The predicted octanol–water partition coefficient (Wildman–Crippen LogP) is 6.10. The van der Waals surface area contributed by atoms with Gasteiger partial charge in [-0.25, -0.2) is 9.97 Å². The maximum absolute atomic E-state index is 13.5. The van der Waals surface area contributed by atoms with Crippen LogP contribution < -0.4 is 0 Å². The first-order valence-electron chi connectivity index (χ1n) is 10.5. The number of benzene rings is 1. The summed E-state index contributed by atoms with van der Waals surface area (Å²) >= 11 is 12.2. The maximum atomic E-state index is 13.5. The zero-order valence-corrected chi connectivity index (χ0v) is 19.9. The van der Waals surface area contributed by atoms with E-state index >= 15 is 0 Å². The minimum absolute atomic E-state index is 0.0360. The SMILES string of the molecule is CC(c1ncnn1-c1ccccn1)N(CC1CC1(Cl)Cl)C(=O)c1cc(C(F)(F)F)cc(C(F)(F)F)c1. The van der Waals surface area contributed by atoms with E-state index in [9.17, 15) is 31.1 Å². The highest BCUT2D eigenvalue weighted by atomic mass is 35.5. The van der Waals surface area contributed by atoms with Gasteiger partial charge in [-0.15, -0.1) is 23.2 Å². The fraction of sp³-hybridized carbons (Fsp3) is 0.364. The molecule has 14 heteroatoms. The van der Waals surface area contributed by atoms with E-state index in [4.69, 9.17) is 23.2 Å². The molecule has 0 N–H and O–H groups in total. The van der Waals surface area contributed by atoms with Crippen LogP contribution in [0.3, 0.4) is 0 Å². The number of amides is 1. The van der Waals surface area contributed by atoms with Crippen molar-refractivity contribution in [2.45, 2.75) is 36.1 Å². The molecule has 192 valence electrons. The molecular formula is C22H17Cl2F6N5O. The van der Waals surface area contributed by atoms with Crippen LogP contribution in [0.4, 0.5) is 26.3 Å². The number of hydrogen-bond acceptors (Lipinski definition) is 4. The molecule has 0 saturated heterocycles. The van der Waals surface area contributed by atoms with Crippen molar-refractivity contribution in [1.29, 1.82) is 0 Å². The Hall–Kier alpha value is -2.86. The highest BCUT2D eigenvalue weighted by Crippen LogP contribution is 2.54. The maximum Gasteiger partial charge on any atom is 0.416 e. The smallest absolute Gasteiger partial charge is 0.328 e. The van der Waals surface area contributed by atoms with Crippen molar-refractivity contribution in [2.75, 3.05) is 6.54 Å². The van der Waals surface area contributed by atoms with Crippen LogP contribution in [-0.4, -0.2) is 41.4 Å². The van der Waals surface area contributed by atoms with Crippen molar-refractivity contribution < 1.29 is 31.1 Å². The lowest BCUT2D eigenvalue weighted by Gasteiger charge is -2.30. The zero-order chi connectivity index (χ0) is 26.5. The first-order chi connectivity index (χ1) is 16.7. The minimum atomic E-state index is -5.11. The Morgan fingerprint density at radius 1 is 1.11 bits per heavy atom. The molecule has 1 amide bonds. The van der Waals surface area contributed by atoms with Gasteiger partial charge in [-0.2, -0.15) is 36.1 Å². The van der Waals surface area contributed by atoms with Gasteiger partial charge in [-0.1, -0.05) is 6.07 Å². The monoisotopic (exact) mass is 551 g/mol. The fourth-order valence-corrected chi connectivity index (χ4v) is 4.21. The number of alkyl halides is 8. The molecule has 4 rings (SSSR count). The number of hydrogen-bond donors (Lipinski definition) is 0. The largest absolute Gasteiger partial charge is 0.416 e. The normalized spacial score (nSPS) is 18.1. The van der Waals surface area contributed by atoms with Gasteiger partial charge in [0.15, 0.2) is 11.6 Å². The quantitative estimate of drug-likeness (QED) is 0.274. The summed E-state index contributed by atoms with van der Waals surface area (Å²) in [4.78, 5) is 22.9. The highest BCUT2D eigenvalue weighted by molar-refractivity contribution is 6.50. The Balaban J connectivity index is 1.77. The van der Waals surface area contributed by atoms with Crippen molar-refractivity contribution in [3.63, 3.8) is 0 Å². The van der Waals surface area contributed by atoms with E-state index in [1.807, 2.05) is 0 Å². The third-order valence-electron chi connectivity index (χ3n) is 5.75. The summed E-state index contributed by atoms with van der Waals surface area (Å²) in [6.45, 7) is 1.38. The molecule has 1 aromatic carbocycles. The van der Waals surface area contributed by atoms with Crippen molar-refractivity contribution in [3.8, 4) is 5.82 Å².